The van der Waals surface area contributed by atoms with Gasteiger partial charge in [-0.05, 0) is 48.2 Å². The number of anilines is 1. The lowest BCUT2D eigenvalue weighted by atomic mass is 10.1. The van der Waals surface area contributed by atoms with Gasteiger partial charge in [0, 0.05) is 24.9 Å². The molecule has 4 N–H and O–H groups in total. The minimum absolute atomic E-state index is 0.180. The highest BCUT2D eigenvalue weighted by Crippen LogP contribution is 2.21. The predicted molar refractivity (Wildman–Crippen MR) is 143 cm³/mol. The molecule has 0 spiro atoms. The van der Waals surface area contributed by atoms with E-state index in [2.05, 4.69) is 28.2 Å². The summed E-state index contributed by atoms with van der Waals surface area (Å²) < 4.78 is 0. The molecule has 6 heteroatoms. The van der Waals surface area contributed by atoms with Gasteiger partial charge in [0.25, 0.3) is 0 Å². The van der Waals surface area contributed by atoms with Crippen LogP contribution in [0.4, 0.5) is 10.5 Å². The van der Waals surface area contributed by atoms with E-state index in [1.165, 1.54) is 6.08 Å². The Labute approximate surface area is 207 Å². The van der Waals surface area contributed by atoms with Crippen molar-refractivity contribution < 1.29 is 9.59 Å². The minimum atomic E-state index is -0.343. The predicted octanol–water partition coefficient (Wildman–Crippen LogP) is 4.76. The highest BCUT2D eigenvalue weighted by Gasteiger charge is 2.11. The fraction of sp³-hybridized carbons (Fsp3) is 0.241. The number of amides is 3. The van der Waals surface area contributed by atoms with Gasteiger partial charge in [-0.2, -0.15) is 0 Å². The molecule has 0 heterocycles. The molecule has 1 unspecified atom stereocenters. The third kappa shape index (κ3) is 9.47. The Morgan fingerprint density at radius 1 is 0.800 bits per heavy atom. The van der Waals surface area contributed by atoms with Crippen LogP contribution >= 0.6 is 0 Å². The lowest BCUT2D eigenvalue weighted by molar-refractivity contribution is -0.116. The molecule has 0 aromatic heterocycles. The van der Waals surface area contributed by atoms with Crippen LogP contribution < -0.4 is 21.3 Å². The smallest absolute Gasteiger partial charge is 0.319 e. The number of hydrogen-bond donors (Lipinski definition) is 4. The molecule has 6 nitrogen and oxygen atoms in total. The van der Waals surface area contributed by atoms with Gasteiger partial charge in [0.1, 0.15) is 0 Å². The number of carbonyl (C=O) groups is 2. The van der Waals surface area contributed by atoms with E-state index < -0.39 is 0 Å². The first-order valence-corrected chi connectivity index (χ1v) is 12.1. The molecule has 0 radical (unpaired) electrons. The van der Waals surface area contributed by atoms with Gasteiger partial charge in [0.15, 0.2) is 0 Å². The highest BCUT2D eigenvalue weighted by atomic mass is 16.2. The third-order valence-electron chi connectivity index (χ3n) is 5.37. The summed E-state index contributed by atoms with van der Waals surface area (Å²) in [6.45, 7) is 4.31. The number of nitrogens with one attached hydrogen (secondary N) is 4. The van der Waals surface area contributed by atoms with E-state index in [1.807, 2.05) is 84.9 Å². The van der Waals surface area contributed by atoms with Crippen molar-refractivity contribution in [2.24, 2.45) is 0 Å². The summed E-state index contributed by atoms with van der Waals surface area (Å²) in [4.78, 5) is 24.9. The van der Waals surface area contributed by atoms with Gasteiger partial charge in [-0.15, -0.1) is 0 Å². The van der Waals surface area contributed by atoms with Crippen LogP contribution in [0.1, 0.15) is 18.9 Å². The summed E-state index contributed by atoms with van der Waals surface area (Å²) >= 11 is 0. The molecule has 0 aliphatic heterocycles. The molecule has 182 valence electrons. The maximum absolute atomic E-state index is 12.7. The second kappa shape index (κ2) is 14.4. The summed E-state index contributed by atoms with van der Waals surface area (Å²) in [7, 11) is 0. The van der Waals surface area contributed by atoms with E-state index in [-0.39, 0.29) is 18.0 Å². The van der Waals surface area contributed by atoms with E-state index in [0.29, 0.717) is 18.7 Å². The van der Waals surface area contributed by atoms with Crippen molar-refractivity contribution in [1.29, 1.82) is 0 Å². The van der Waals surface area contributed by atoms with E-state index in [4.69, 9.17) is 0 Å². The molecule has 3 amide bonds. The monoisotopic (exact) mass is 470 g/mol. The average Bonchev–Trinajstić information content (AvgIpc) is 2.89. The van der Waals surface area contributed by atoms with Gasteiger partial charge in [-0.25, -0.2) is 4.79 Å². The quantitative estimate of drug-likeness (QED) is 0.228. The molecule has 0 saturated heterocycles. The van der Waals surface area contributed by atoms with Crippen molar-refractivity contribution >= 4 is 17.6 Å². The second-order valence-corrected chi connectivity index (χ2v) is 8.24. The zero-order chi connectivity index (χ0) is 24.7. The van der Waals surface area contributed by atoms with Crippen molar-refractivity contribution in [3.05, 3.63) is 103 Å². The lowest BCUT2D eigenvalue weighted by Crippen LogP contribution is -2.38. The lowest BCUT2D eigenvalue weighted by Gasteiger charge is -2.16. The Morgan fingerprint density at radius 3 is 2.14 bits per heavy atom. The van der Waals surface area contributed by atoms with Crippen LogP contribution in [-0.4, -0.2) is 37.6 Å². The first-order valence-electron chi connectivity index (χ1n) is 12.1. The molecule has 0 fully saturated rings. The van der Waals surface area contributed by atoms with E-state index in [0.717, 1.165) is 36.2 Å². The molecular weight excluding hydrogens is 436 g/mol. The standard InChI is InChI=1S/C29H34N4O2/c1-2-19-30-20-21-31-28(34)18-17-27(22-23-9-5-3-6-10-23)33-29(35)32-26-15-13-25(14-16-26)24-11-7-4-8-12-24/h3-18,27,30H,2,19-22H2,1H3,(H,31,34)(H2,32,33,35)/b18-17+. The van der Waals surface area contributed by atoms with Gasteiger partial charge in [0.2, 0.25) is 5.91 Å². The van der Waals surface area contributed by atoms with Crippen LogP contribution in [0.15, 0.2) is 97.1 Å². The summed E-state index contributed by atoms with van der Waals surface area (Å²) in [6.07, 6.45) is 4.85. The number of rotatable bonds is 12. The van der Waals surface area contributed by atoms with Crippen molar-refractivity contribution in [1.82, 2.24) is 16.0 Å². The number of hydrogen-bond acceptors (Lipinski definition) is 3. The molecular formula is C29H34N4O2. The molecule has 3 aromatic carbocycles. The number of benzene rings is 3. The molecule has 0 bridgehead atoms. The number of urea groups is 1. The van der Waals surface area contributed by atoms with Crippen LogP contribution in [0.3, 0.4) is 0 Å². The Morgan fingerprint density at radius 2 is 1.46 bits per heavy atom. The van der Waals surface area contributed by atoms with Crippen LogP contribution in [0.5, 0.6) is 0 Å². The summed E-state index contributed by atoms with van der Waals surface area (Å²) in [5, 5.41) is 12.0. The molecule has 1 atom stereocenters. The van der Waals surface area contributed by atoms with E-state index in [1.54, 1.807) is 6.08 Å². The molecule has 0 aliphatic rings. The Balaban J connectivity index is 1.57. The average molecular weight is 471 g/mol. The van der Waals surface area contributed by atoms with Crippen molar-refractivity contribution in [3.8, 4) is 11.1 Å². The van der Waals surface area contributed by atoms with Gasteiger partial charge in [-0.1, -0.05) is 85.8 Å². The number of carbonyl (C=O) groups excluding carboxylic acids is 2. The minimum Gasteiger partial charge on any atom is -0.351 e. The van der Waals surface area contributed by atoms with Gasteiger partial charge < -0.3 is 21.3 Å². The van der Waals surface area contributed by atoms with E-state index >= 15 is 0 Å². The first-order chi connectivity index (χ1) is 17.1. The Kier molecular flexibility index (Phi) is 10.6. The molecule has 0 aliphatic carbocycles. The molecule has 3 aromatic rings. The highest BCUT2D eigenvalue weighted by molar-refractivity contribution is 5.90. The van der Waals surface area contributed by atoms with Crippen molar-refractivity contribution in [3.63, 3.8) is 0 Å². The zero-order valence-corrected chi connectivity index (χ0v) is 20.2. The first kappa shape index (κ1) is 25.7. The normalized spacial score (nSPS) is 11.7. The fourth-order valence-electron chi connectivity index (χ4n) is 3.59. The molecule has 0 saturated carbocycles. The maximum Gasteiger partial charge on any atom is 0.319 e. The van der Waals surface area contributed by atoms with Crippen molar-refractivity contribution in [2.75, 3.05) is 25.0 Å². The van der Waals surface area contributed by atoms with Gasteiger partial charge in [-0.3, -0.25) is 4.79 Å². The van der Waals surface area contributed by atoms with Crippen LogP contribution in [0.25, 0.3) is 11.1 Å². The van der Waals surface area contributed by atoms with Gasteiger partial charge in [0.05, 0.1) is 6.04 Å². The Bertz CT molecular complexity index is 1070. The Hall–Kier alpha value is -3.90. The van der Waals surface area contributed by atoms with Crippen LogP contribution in [0.2, 0.25) is 0 Å². The van der Waals surface area contributed by atoms with Crippen molar-refractivity contribution in [2.45, 2.75) is 25.8 Å². The molecule has 35 heavy (non-hydrogen) atoms. The summed E-state index contributed by atoms with van der Waals surface area (Å²) in [6, 6.07) is 27.0. The summed E-state index contributed by atoms with van der Waals surface area (Å²) in [5.41, 5.74) is 3.97. The SMILES string of the molecule is CCCNCCNC(=O)/C=C/C(Cc1ccccc1)NC(=O)Nc1ccc(-c2ccccc2)cc1. The second-order valence-electron chi connectivity index (χ2n) is 8.24. The van der Waals surface area contributed by atoms with Gasteiger partial charge >= 0.3 is 6.03 Å². The summed E-state index contributed by atoms with van der Waals surface area (Å²) in [5.74, 6) is -0.180. The van der Waals surface area contributed by atoms with E-state index in [9.17, 15) is 9.59 Å². The zero-order valence-electron chi connectivity index (χ0n) is 20.2. The molecule has 3 rings (SSSR count). The maximum atomic E-state index is 12.7. The largest absolute Gasteiger partial charge is 0.351 e. The van der Waals surface area contributed by atoms with Crippen LogP contribution in [-0.2, 0) is 11.2 Å². The fourth-order valence-corrected chi connectivity index (χ4v) is 3.59. The third-order valence-corrected chi connectivity index (χ3v) is 5.37. The van der Waals surface area contributed by atoms with Crippen LogP contribution in [0, 0.1) is 0 Å². The topological polar surface area (TPSA) is 82.3 Å².